The highest BCUT2D eigenvalue weighted by Gasteiger charge is 2.21. The fourth-order valence-electron chi connectivity index (χ4n) is 3.09. The minimum atomic E-state index is -3.87. The molecular weight excluding hydrogens is 460 g/mol. The van der Waals surface area contributed by atoms with Crippen LogP contribution in [0.25, 0.3) is 0 Å². The van der Waals surface area contributed by atoms with Gasteiger partial charge >= 0.3 is 0 Å². The summed E-state index contributed by atoms with van der Waals surface area (Å²) in [5.41, 5.74) is 3.50. The number of anilines is 2. The fraction of sp³-hybridized carbons (Fsp3) is 0.318. The number of aromatic nitrogens is 4. The Balaban J connectivity index is 1.69. The van der Waals surface area contributed by atoms with Gasteiger partial charge in [-0.3, -0.25) is 4.79 Å². The smallest absolute Gasteiger partial charge is 0.264 e. The van der Waals surface area contributed by atoms with E-state index in [2.05, 4.69) is 30.0 Å². The summed E-state index contributed by atoms with van der Waals surface area (Å²) in [4.78, 5) is 29.8. The Morgan fingerprint density at radius 1 is 0.909 bits per heavy atom. The average Bonchev–Trinajstić information content (AvgIpc) is 2.70. The monoisotopic (exact) mass is 486 g/mol. The third kappa shape index (κ3) is 6.72. The van der Waals surface area contributed by atoms with Gasteiger partial charge in [0.05, 0.1) is 10.1 Å². The summed E-state index contributed by atoms with van der Waals surface area (Å²) in [6, 6.07) is 9.55. The molecule has 2 heterocycles. The SMILES string of the molecule is CCC(Sc1nc(C)cc(C)n1)C(=O)Nc1ccc(S(=O)(=O)Nc2nc(C)cc(C)n2)cc1. The molecule has 0 aliphatic carbocycles. The van der Waals surface area contributed by atoms with Crippen LogP contribution in [0.5, 0.6) is 0 Å². The predicted octanol–water partition coefficient (Wildman–Crippen LogP) is 3.81. The van der Waals surface area contributed by atoms with Crippen molar-refractivity contribution in [2.24, 2.45) is 0 Å². The zero-order valence-electron chi connectivity index (χ0n) is 19.1. The molecule has 0 fully saturated rings. The molecule has 1 amide bonds. The van der Waals surface area contributed by atoms with Crippen LogP contribution in [0.15, 0.2) is 46.5 Å². The first kappa shape index (κ1) is 24.6. The molecule has 0 saturated heterocycles. The summed E-state index contributed by atoms with van der Waals surface area (Å²) >= 11 is 1.30. The molecule has 9 nitrogen and oxygen atoms in total. The van der Waals surface area contributed by atoms with Crippen LogP contribution in [0.3, 0.4) is 0 Å². The maximum Gasteiger partial charge on any atom is 0.264 e. The van der Waals surface area contributed by atoms with Gasteiger partial charge in [-0.1, -0.05) is 18.7 Å². The van der Waals surface area contributed by atoms with E-state index < -0.39 is 15.3 Å². The summed E-state index contributed by atoms with van der Waals surface area (Å²) in [5, 5.41) is 2.99. The molecular formula is C22H26N6O3S2. The first-order chi connectivity index (χ1) is 15.6. The van der Waals surface area contributed by atoms with Gasteiger partial charge in [0.2, 0.25) is 11.9 Å². The molecule has 0 aliphatic heterocycles. The third-order valence-electron chi connectivity index (χ3n) is 4.51. The maximum atomic E-state index is 12.8. The summed E-state index contributed by atoms with van der Waals surface area (Å²) in [7, 11) is -3.87. The Hall–Kier alpha value is -3.05. The molecule has 3 aromatic rings. The van der Waals surface area contributed by atoms with Gasteiger partial charge in [-0.25, -0.2) is 33.1 Å². The molecule has 33 heavy (non-hydrogen) atoms. The van der Waals surface area contributed by atoms with Crippen LogP contribution in [0.1, 0.15) is 36.1 Å². The van der Waals surface area contributed by atoms with E-state index in [0.29, 0.717) is 28.7 Å². The number of nitrogens with one attached hydrogen (secondary N) is 2. The number of sulfonamides is 1. The van der Waals surface area contributed by atoms with Gasteiger partial charge in [0, 0.05) is 28.5 Å². The van der Waals surface area contributed by atoms with Crippen molar-refractivity contribution < 1.29 is 13.2 Å². The Labute approximate surface area is 197 Å². The minimum Gasteiger partial charge on any atom is -0.325 e. The average molecular weight is 487 g/mol. The fourth-order valence-corrected chi connectivity index (χ4v) is 5.01. The van der Waals surface area contributed by atoms with Crippen molar-refractivity contribution in [3.63, 3.8) is 0 Å². The number of carbonyl (C=O) groups is 1. The molecule has 1 unspecified atom stereocenters. The molecule has 0 aliphatic rings. The van der Waals surface area contributed by atoms with E-state index in [1.807, 2.05) is 26.8 Å². The first-order valence-electron chi connectivity index (χ1n) is 10.3. The highest BCUT2D eigenvalue weighted by atomic mass is 32.2. The first-order valence-corrected chi connectivity index (χ1v) is 12.7. The van der Waals surface area contributed by atoms with E-state index >= 15 is 0 Å². The van der Waals surface area contributed by atoms with Crippen LogP contribution >= 0.6 is 11.8 Å². The zero-order chi connectivity index (χ0) is 24.2. The van der Waals surface area contributed by atoms with Crippen molar-refractivity contribution in [1.29, 1.82) is 0 Å². The third-order valence-corrected chi connectivity index (χ3v) is 7.08. The predicted molar refractivity (Wildman–Crippen MR) is 129 cm³/mol. The van der Waals surface area contributed by atoms with Gasteiger partial charge in [0.1, 0.15) is 0 Å². The van der Waals surface area contributed by atoms with Gasteiger partial charge in [0.15, 0.2) is 5.16 Å². The lowest BCUT2D eigenvalue weighted by Gasteiger charge is -2.15. The molecule has 1 aromatic carbocycles. The molecule has 0 bridgehead atoms. The lowest BCUT2D eigenvalue weighted by atomic mass is 10.3. The van der Waals surface area contributed by atoms with Crippen LogP contribution in [0, 0.1) is 27.7 Å². The van der Waals surface area contributed by atoms with E-state index in [1.165, 1.54) is 23.9 Å². The number of benzene rings is 1. The number of rotatable bonds is 8. The minimum absolute atomic E-state index is 0.0151. The second-order valence-corrected chi connectivity index (χ2v) is 10.4. The normalized spacial score (nSPS) is 12.3. The molecule has 11 heteroatoms. The van der Waals surface area contributed by atoms with E-state index in [1.54, 1.807) is 32.0 Å². The zero-order valence-corrected chi connectivity index (χ0v) is 20.7. The van der Waals surface area contributed by atoms with E-state index in [9.17, 15) is 13.2 Å². The summed E-state index contributed by atoms with van der Waals surface area (Å²) in [6.45, 7) is 9.21. The summed E-state index contributed by atoms with van der Waals surface area (Å²) in [6.07, 6.45) is 0.582. The lowest BCUT2D eigenvalue weighted by molar-refractivity contribution is -0.115. The number of nitrogens with zero attached hydrogens (tertiary/aromatic N) is 4. The molecule has 2 N–H and O–H groups in total. The lowest BCUT2D eigenvalue weighted by Crippen LogP contribution is -2.25. The summed E-state index contributed by atoms with van der Waals surface area (Å²) in [5.74, 6) is -0.191. The second-order valence-electron chi connectivity index (χ2n) is 7.54. The molecule has 0 radical (unpaired) electrons. The van der Waals surface area contributed by atoms with Crippen LogP contribution in [-0.2, 0) is 14.8 Å². The Morgan fingerprint density at radius 3 is 1.94 bits per heavy atom. The van der Waals surface area contributed by atoms with Gasteiger partial charge in [-0.15, -0.1) is 0 Å². The molecule has 1 atom stereocenters. The van der Waals surface area contributed by atoms with Crippen molar-refractivity contribution in [1.82, 2.24) is 19.9 Å². The summed E-state index contributed by atoms with van der Waals surface area (Å²) < 4.78 is 27.7. The van der Waals surface area contributed by atoms with Crippen molar-refractivity contribution in [2.75, 3.05) is 10.0 Å². The number of hydrogen-bond acceptors (Lipinski definition) is 8. The number of carbonyl (C=O) groups excluding carboxylic acids is 1. The van der Waals surface area contributed by atoms with Crippen LogP contribution < -0.4 is 10.0 Å². The van der Waals surface area contributed by atoms with E-state index in [0.717, 1.165) is 11.4 Å². The number of aryl methyl sites for hydroxylation is 4. The van der Waals surface area contributed by atoms with E-state index in [-0.39, 0.29) is 16.8 Å². The quantitative estimate of drug-likeness (QED) is 0.363. The molecule has 174 valence electrons. The molecule has 2 aromatic heterocycles. The standard InChI is InChI=1S/C22H26N6O3S2/c1-6-19(32-22-25-15(4)12-16(5)26-22)20(29)27-17-7-9-18(10-8-17)33(30,31)28-21-23-13(2)11-14(3)24-21/h7-12,19H,6H2,1-5H3,(H,27,29)(H,23,24,28). The molecule has 0 saturated carbocycles. The van der Waals surface area contributed by atoms with Crippen LogP contribution in [-0.4, -0.2) is 39.5 Å². The van der Waals surface area contributed by atoms with Gasteiger partial charge < -0.3 is 5.32 Å². The Kier molecular flexibility index (Phi) is 7.65. The number of hydrogen-bond donors (Lipinski definition) is 2. The Bertz CT molecular complexity index is 1220. The highest BCUT2D eigenvalue weighted by Crippen LogP contribution is 2.25. The number of amides is 1. The topological polar surface area (TPSA) is 127 Å². The molecule has 0 spiro atoms. The van der Waals surface area contributed by atoms with Crippen LogP contribution in [0.4, 0.5) is 11.6 Å². The van der Waals surface area contributed by atoms with Gasteiger partial charge in [0.25, 0.3) is 10.0 Å². The van der Waals surface area contributed by atoms with Crippen LogP contribution in [0.2, 0.25) is 0 Å². The highest BCUT2D eigenvalue weighted by molar-refractivity contribution is 8.00. The van der Waals surface area contributed by atoms with E-state index in [4.69, 9.17) is 0 Å². The van der Waals surface area contributed by atoms with Crippen molar-refractivity contribution in [3.8, 4) is 0 Å². The largest absolute Gasteiger partial charge is 0.325 e. The van der Waals surface area contributed by atoms with Gasteiger partial charge in [-0.2, -0.15) is 0 Å². The maximum absolute atomic E-state index is 12.8. The number of thioether (sulfide) groups is 1. The second kappa shape index (κ2) is 10.3. The van der Waals surface area contributed by atoms with Crippen molar-refractivity contribution >= 4 is 39.3 Å². The van der Waals surface area contributed by atoms with Crippen molar-refractivity contribution in [3.05, 3.63) is 59.2 Å². The Morgan fingerprint density at radius 2 is 1.42 bits per heavy atom. The van der Waals surface area contributed by atoms with Gasteiger partial charge in [-0.05, 0) is 70.5 Å². The van der Waals surface area contributed by atoms with Crippen molar-refractivity contribution in [2.45, 2.75) is 56.3 Å². The molecule has 3 rings (SSSR count).